The first kappa shape index (κ1) is 20.8. The van der Waals surface area contributed by atoms with Crippen molar-refractivity contribution in [2.45, 2.75) is 24.5 Å². The topological polar surface area (TPSA) is 134 Å². The van der Waals surface area contributed by atoms with Gasteiger partial charge >= 0.3 is 11.9 Å². The van der Waals surface area contributed by atoms with Gasteiger partial charge < -0.3 is 15.6 Å². The number of carbonyl (C=O) groups excluding carboxylic acids is 2. The fourth-order valence-electron chi connectivity index (χ4n) is 3.28. The number of nitrogens with two attached hydrogens (primary N) is 1. The van der Waals surface area contributed by atoms with Gasteiger partial charge in [0.25, 0.3) is 0 Å². The molecule has 1 saturated heterocycles. The largest absolute Gasteiger partial charge is 0.481 e. The third-order valence-electron chi connectivity index (χ3n) is 4.47. The summed E-state index contributed by atoms with van der Waals surface area (Å²) in [5, 5.41) is 18.5. The van der Waals surface area contributed by atoms with Gasteiger partial charge in [-0.1, -0.05) is 41.6 Å². The third-order valence-corrected chi connectivity index (χ3v) is 6.09. The Balaban J connectivity index is 2.24. The van der Waals surface area contributed by atoms with Crippen LogP contribution in [0.2, 0.25) is 5.02 Å². The highest BCUT2D eigenvalue weighted by molar-refractivity contribution is 8.04. The monoisotopic (exact) mass is 433 g/mol. The van der Waals surface area contributed by atoms with Gasteiger partial charge in [-0.3, -0.25) is 14.5 Å². The Kier molecular flexibility index (Phi) is 5.86. The number of carboxylic acids is 1. The van der Waals surface area contributed by atoms with Crippen LogP contribution in [0.5, 0.6) is 0 Å². The average Bonchev–Trinajstić information content (AvgIpc) is 2.98. The molecule has 0 radical (unpaired) electrons. The van der Waals surface area contributed by atoms with Crippen LogP contribution in [0, 0.1) is 11.3 Å². The number of thioether (sulfide) groups is 1. The fourth-order valence-corrected chi connectivity index (χ4v) is 4.81. The summed E-state index contributed by atoms with van der Waals surface area (Å²) in [4.78, 5) is 37.7. The summed E-state index contributed by atoms with van der Waals surface area (Å²) in [5.74, 6) is -3.67. The Morgan fingerprint density at radius 3 is 2.69 bits per heavy atom. The van der Waals surface area contributed by atoms with Crippen LogP contribution in [0.1, 0.15) is 24.8 Å². The number of hydrogen-bond donors (Lipinski definition) is 2. The molecule has 1 aromatic rings. The minimum absolute atomic E-state index is 0.0631. The van der Waals surface area contributed by atoms with E-state index < -0.39 is 35.4 Å². The number of hydrogen-bond acceptors (Lipinski definition) is 7. The van der Waals surface area contributed by atoms with Gasteiger partial charge in [-0.2, -0.15) is 5.26 Å². The van der Waals surface area contributed by atoms with Crippen molar-refractivity contribution in [3.63, 3.8) is 0 Å². The molecule has 0 bridgehead atoms. The highest BCUT2D eigenvalue weighted by atomic mass is 35.5. The molecule has 2 aliphatic heterocycles. The van der Waals surface area contributed by atoms with Crippen molar-refractivity contribution in [1.29, 1.82) is 5.26 Å². The van der Waals surface area contributed by atoms with Crippen molar-refractivity contribution in [2.24, 2.45) is 5.73 Å². The minimum atomic E-state index is -1.16. The number of esters is 1. The molecule has 3 N–H and O–H groups in total. The van der Waals surface area contributed by atoms with Crippen LogP contribution >= 0.6 is 23.4 Å². The van der Waals surface area contributed by atoms with Gasteiger partial charge in [0, 0.05) is 5.02 Å². The number of rotatable bonds is 5. The number of fused-ring (bicyclic) bond motifs is 1. The molecule has 2 atom stereocenters. The number of halogens is 1. The van der Waals surface area contributed by atoms with Crippen LogP contribution in [0.3, 0.4) is 0 Å². The van der Waals surface area contributed by atoms with Crippen LogP contribution in [0.4, 0.5) is 0 Å². The van der Waals surface area contributed by atoms with Gasteiger partial charge in [-0.15, -0.1) is 0 Å². The van der Waals surface area contributed by atoms with Crippen LogP contribution in [0.25, 0.3) is 0 Å². The molecule has 1 fully saturated rings. The number of allylic oxidation sites excluding steroid dienone is 1. The predicted molar refractivity (Wildman–Crippen MR) is 105 cm³/mol. The first-order valence-corrected chi connectivity index (χ1v) is 9.85. The second-order valence-corrected chi connectivity index (χ2v) is 7.78. The van der Waals surface area contributed by atoms with E-state index in [4.69, 9.17) is 27.2 Å². The SMILES string of the molecule is CCOC(=O)C1=C(N)N2C(=O)C(CC(=O)O)SC2=C(C#N)C1c1ccccc1Cl. The van der Waals surface area contributed by atoms with Crippen molar-refractivity contribution < 1.29 is 24.2 Å². The predicted octanol–water partition coefficient (Wildman–Crippen LogP) is 2.32. The first-order chi connectivity index (χ1) is 13.8. The Hall–Kier alpha value is -2.96. The van der Waals surface area contributed by atoms with E-state index in [1.807, 2.05) is 0 Å². The molecule has 2 unspecified atom stereocenters. The smallest absolute Gasteiger partial charge is 0.338 e. The zero-order chi connectivity index (χ0) is 21.3. The number of nitrogens with zero attached hydrogens (tertiary/aromatic N) is 2. The van der Waals surface area contributed by atoms with Gasteiger partial charge in [0.05, 0.1) is 41.2 Å². The molecule has 0 aromatic heterocycles. The van der Waals surface area contributed by atoms with Gasteiger partial charge in [-0.05, 0) is 18.6 Å². The van der Waals surface area contributed by atoms with Gasteiger partial charge in [0.15, 0.2) is 0 Å². The molecular formula is C19H16ClN3O5S. The molecule has 0 spiro atoms. The summed E-state index contributed by atoms with van der Waals surface area (Å²) in [5.41, 5.74) is 6.67. The fraction of sp³-hybridized carbons (Fsp3) is 0.263. The standard InChI is InChI=1S/C19H16ClN3O5S/c1-2-28-19(27)15-14(9-5-3-4-6-11(9)20)10(8-21)18-23(16(15)22)17(26)12(29-18)7-13(24)25/h3-6,12,14H,2,7,22H2,1H3,(H,24,25). The summed E-state index contributed by atoms with van der Waals surface area (Å²) >= 11 is 7.27. The van der Waals surface area contributed by atoms with Gasteiger partial charge in [0.1, 0.15) is 11.1 Å². The lowest BCUT2D eigenvalue weighted by Crippen LogP contribution is -2.39. The lowest BCUT2D eigenvalue weighted by Gasteiger charge is -2.32. The number of carbonyl (C=O) groups is 3. The molecule has 3 rings (SSSR count). The van der Waals surface area contributed by atoms with Gasteiger partial charge in [-0.25, -0.2) is 4.79 Å². The Morgan fingerprint density at radius 1 is 1.41 bits per heavy atom. The molecule has 2 aliphatic rings. The zero-order valence-corrected chi connectivity index (χ0v) is 16.8. The van der Waals surface area contributed by atoms with E-state index >= 15 is 0 Å². The summed E-state index contributed by atoms with van der Waals surface area (Å²) in [7, 11) is 0. The third kappa shape index (κ3) is 3.57. The van der Waals surface area contributed by atoms with Crippen molar-refractivity contribution in [1.82, 2.24) is 4.90 Å². The Morgan fingerprint density at radius 2 is 2.10 bits per heavy atom. The minimum Gasteiger partial charge on any atom is -0.481 e. The van der Waals surface area contributed by atoms with Crippen LogP contribution in [-0.4, -0.2) is 39.7 Å². The quantitative estimate of drug-likeness (QED) is 0.675. The summed E-state index contributed by atoms with van der Waals surface area (Å²) in [6.07, 6.45) is -0.443. The maximum atomic E-state index is 12.8. The molecule has 1 aromatic carbocycles. The van der Waals surface area contributed by atoms with E-state index in [2.05, 4.69) is 6.07 Å². The Bertz CT molecular complexity index is 1010. The van der Waals surface area contributed by atoms with Crippen molar-refractivity contribution in [3.8, 4) is 6.07 Å². The second kappa shape index (κ2) is 8.19. The summed E-state index contributed by atoms with van der Waals surface area (Å²) < 4.78 is 5.12. The lowest BCUT2D eigenvalue weighted by atomic mass is 9.83. The van der Waals surface area contributed by atoms with Crippen LogP contribution in [0.15, 0.2) is 46.3 Å². The molecule has 10 heteroatoms. The summed E-state index contributed by atoms with van der Waals surface area (Å²) in [6, 6.07) is 8.73. The molecular weight excluding hydrogens is 418 g/mol. The number of nitriles is 1. The highest BCUT2D eigenvalue weighted by Gasteiger charge is 2.48. The highest BCUT2D eigenvalue weighted by Crippen LogP contribution is 2.50. The molecule has 1 amide bonds. The number of aliphatic carboxylic acids is 1. The van der Waals surface area contributed by atoms with Crippen molar-refractivity contribution in [2.75, 3.05) is 6.61 Å². The molecule has 29 heavy (non-hydrogen) atoms. The molecule has 150 valence electrons. The zero-order valence-electron chi connectivity index (χ0n) is 15.2. The van der Waals surface area contributed by atoms with Crippen LogP contribution < -0.4 is 5.73 Å². The molecule has 8 nitrogen and oxygen atoms in total. The normalized spacial score (nSPS) is 21.1. The first-order valence-electron chi connectivity index (χ1n) is 8.59. The summed E-state index contributed by atoms with van der Waals surface area (Å²) in [6.45, 7) is 1.68. The number of amides is 1. The van der Waals surface area contributed by atoms with Gasteiger partial charge in [0.2, 0.25) is 5.91 Å². The van der Waals surface area contributed by atoms with E-state index in [-0.39, 0.29) is 28.6 Å². The van der Waals surface area contributed by atoms with E-state index in [1.165, 1.54) is 0 Å². The van der Waals surface area contributed by atoms with Crippen molar-refractivity contribution >= 4 is 41.2 Å². The lowest BCUT2D eigenvalue weighted by molar-refractivity contribution is -0.140. The maximum Gasteiger partial charge on any atom is 0.338 e. The van der Waals surface area contributed by atoms with E-state index in [0.717, 1.165) is 16.7 Å². The van der Waals surface area contributed by atoms with E-state index in [0.29, 0.717) is 10.6 Å². The maximum absolute atomic E-state index is 12.8. The molecule has 0 saturated carbocycles. The number of carboxylic acid groups (broad SMARTS) is 1. The number of ether oxygens (including phenoxy) is 1. The van der Waals surface area contributed by atoms with E-state index in [9.17, 15) is 19.6 Å². The molecule has 0 aliphatic carbocycles. The average molecular weight is 434 g/mol. The number of benzene rings is 1. The van der Waals surface area contributed by atoms with Crippen LogP contribution in [-0.2, 0) is 19.1 Å². The van der Waals surface area contributed by atoms with E-state index in [1.54, 1.807) is 31.2 Å². The second-order valence-electron chi connectivity index (χ2n) is 6.18. The van der Waals surface area contributed by atoms with Crippen molar-refractivity contribution in [3.05, 3.63) is 56.8 Å². The molecule has 2 heterocycles. The Labute approximate surface area is 175 Å².